The van der Waals surface area contributed by atoms with Crippen LogP contribution in [0.2, 0.25) is 0 Å². The predicted octanol–water partition coefficient (Wildman–Crippen LogP) is 4.53. The average Bonchev–Trinajstić information content (AvgIpc) is 3.57. The van der Waals surface area contributed by atoms with Crippen LogP contribution in [0.4, 0.5) is 4.79 Å². The lowest BCUT2D eigenvalue weighted by molar-refractivity contribution is 0.175. The van der Waals surface area contributed by atoms with Gasteiger partial charge in [-0.1, -0.05) is 18.2 Å². The summed E-state index contributed by atoms with van der Waals surface area (Å²) >= 11 is 0. The largest absolute Gasteiger partial charge is 0.496 e. The fourth-order valence-electron chi connectivity index (χ4n) is 5.38. The summed E-state index contributed by atoms with van der Waals surface area (Å²) in [4.78, 5) is 14.4. The number of urea groups is 1. The molecule has 0 spiro atoms. The summed E-state index contributed by atoms with van der Waals surface area (Å²) in [6.45, 7) is 4.10. The monoisotopic (exact) mass is 413 g/mol. The first kappa shape index (κ1) is 21.5. The Morgan fingerprint density at radius 2 is 1.87 bits per heavy atom. The smallest absolute Gasteiger partial charge is 0.317 e. The zero-order valence-electron chi connectivity index (χ0n) is 18.6. The molecule has 2 aliphatic carbocycles. The Hall–Kier alpha value is -1.75. The quantitative estimate of drug-likeness (QED) is 0.616. The summed E-state index contributed by atoms with van der Waals surface area (Å²) < 4.78 is 5.52. The average molecular weight is 414 g/mol. The topological polar surface area (TPSA) is 53.6 Å². The van der Waals surface area contributed by atoms with E-state index in [1.807, 2.05) is 11.0 Å². The molecule has 5 heteroatoms. The number of methoxy groups -OCH3 is 1. The Balaban J connectivity index is 1.08. The molecule has 2 N–H and O–H groups in total. The number of rotatable bonds is 8. The van der Waals surface area contributed by atoms with Crippen LogP contribution in [-0.2, 0) is 0 Å². The van der Waals surface area contributed by atoms with E-state index in [0.717, 1.165) is 69.4 Å². The molecule has 0 unspecified atom stereocenters. The Morgan fingerprint density at radius 3 is 2.63 bits per heavy atom. The lowest BCUT2D eigenvalue weighted by Gasteiger charge is -2.33. The number of likely N-dealkylation sites (tertiary alicyclic amines) is 1. The maximum atomic E-state index is 12.4. The van der Waals surface area contributed by atoms with Crippen LogP contribution >= 0.6 is 0 Å². The maximum absolute atomic E-state index is 12.4. The highest BCUT2D eigenvalue weighted by Gasteiger charge is 2.39. The molecule has 3 fully saturated rings. The molecular weight excluding hydrogens is 374 g/mol. The second kappa shape index (κ2) is 10.5. The molecular formula is C25H39N3O2. The van der Waals surface area contributed by atoms with Crippen molar-refractivity contribution in [2.24, 2.45) is 11.8 Å². The van der Waals surface area contributed by atoms with Crippen LogP contribution in [0.5, 0.6) is 5.75 Å². The molecule has 4 rings (SSSR count). The van der Waals surface area contributed by atoms with Gasteiger partial charge in [0.2, 0.25) is 0 Å². The third-order valence-electron chi connectivity index (χ3n) is 7.41. The molecule has 1 heterocycles. The third kappa shape index (κ3) is 5.69. The predicted molar refractivity (Wildman–Crippen MR) is 121 cm³/mol. The van der Waals surface area contributed by atoms with E-state index in [1.54, 1.807) is 7.11 Å². The minimum atomic E-state index is 0.175. The van der Waals surface area contributed by atoms with E-state index in [2.05, 4.69) is 28.8 Å². The molecule has 2 amide bonds. The number of nitrogens with zero attached hydrogens (tertiary/aromatic N) is 1. The highest BCUT2D eigenvalue weighted by atomic mass is 16.5. The number of amides is 2. The van der Waals surface area contributed by atoms with Crippen LogP contribution in [0, 0.1) is 11.8 Å². The molecule has 166 valence electrons. The molecule has 0 aromatic heterocycles. The van der Waals surface area contributed by atoms with Crippen LogP contribution in [0.3, 0.4) is 0 Å². The minimum Gasteiger partial charge on any atom is -0.496 e. The van der Waals surface area contributed by atoms with Crippen LogP contribution in [0.1, 0.15) is 69.3 Å². The van der Waals surface area contributed by atoms with Crippen molar-refractivity contribution in [1.82, 2.24) is 15.5 Å². The van der Waals surface area contributed by atoms with Gasteiger partial charge in [0.05, 0.1) is 7.11 Å². The molecule has 2 saturated carbocycles. The first-order chi connectivity index (χ1) is 14.7. The number of piperidine rings is 1. The van der Waals surface area contributed by atoms with Gasteiger partial charge in [-0.2, -0.15) is 0 Å². The first-order valence-electron chi connectivity index (χ1n) is 12.1. The SMILES string of the molecule is COc1ccccc1[C@@H]1C[C@H]1CNCCC1CCC(NC(=O)N2CCCCC2)CC1. The van der Waals surface area contributed by atoms with Crippen molar-refractivity contribution < 1.29 is 9.53 Å². The molecule has 1 aromatic rings. The normalized spacial score (nSPS) is 28.8. The first-order valence-corrected chi connectivity index (χ1v) is 12.1. The highest BCUT2D eigenvalue weighted by molar-refractivity contribution is 5.74. The number of ether oxygens (including phenoxy) is 1. The molecule has 1 saturated heterocycles. The molecule has 3 aliphatic rings. The van der Waals surface area contributed by atoms with E-state index >= 15 is 0 Å². The van der Waals surface area contributed by atoms with E-state index < -0.39 is 0 Å². The molecule has 30 heavy (non-hydrogen) atoms. The summed E-state index contributed by atoms with van der Waals surface area (Å²) in [5.41, 5.74) is 1.37. The van der Waals surface area contributed by atoms with Crippen molar-refractivity contribution in [1.29, 1.82) is 0 Å². The Bertz CT molecular complexity index is 681. The lowest BCUT2D eigenvalue weighted by atomic mass is 9.84. The second-order valence-electron chi connectivity index (χ2n) is 9.55. The second-order valence-corrected chi connectivity index (χ2v) is 9.55. The van der Waals surface area contributed by atoms with E-state index in [1.165, 1.54) is 37.7 Å². The molecule has 0 bridgehead atoms. The van der Waals surface area contributed by atoms with Gasteiger partial charge in [-0.05, 0) is 100 Å². The summed E-state index contributed by atoms with van der Waals surface area (Å²) in [6, 6.07) is 9.01. The standard InChI is InChI=1S/C25H39N3O2/c1-30-24-8-4-3-7-22(24)23-17-20(23)18-26-14-13-19-9-11-21(12-10-19)27-25(29)28-15-5-2-6-16-28/h3-4,7-8,19-21,23,26H,2,5-6,9-18H2,1H3,(H,27,29)/t19?,20-,21?,23+/m0/s1. The van der Waals surface area contributed by atoms with E-state index in [0.29, 0.717) is 12.0 Å². The van der Waals surface area contributed by atoms with Crippen molar-refractivity contribution in [2.45, 2.75) is 69.7 Å². The fraction of sp³-hybridized carbons (Fsp3) is 0.720. The van der Waals surface area contributed by atoms with Gasteiger partial charge in [-0.3, -0.25) is 0 Å². The summed E-state index contributed by atoms with van der Waals surface area (Å²) in [5.74, 6) is 3.26. The Labute approximate surface area is 181 Å². The molecule has 1 aliphatic heterocycles. The Kier molecular flexibility index (Phi) is 7.53. The number of carbonyl (C=O) groups excluding carboxylic acids is 1. The fourth-order valence-corrected chi connectivity index (χ4v) is 5.38. The number of nitrogens with one attached hydrogen (secondary N) is 2. The van der Waals surface area contributed by atoms with Gasteiger partial charge in [0.1, 0.15) is 5.75 Å². The summed E-state index contributed by atoms with van der Waals surface area (Å²) in [5, 5.41) is 6.99. The molecule has 1 aromatic carbocycles. The number of hydrogen-bond donors (Lipinski definition) is 2. The zero-order valence-corrected chi connectivity index (χ0v) is 18.6. The van der Waals surface area contributed by atoms with Crippen molar-refractivity contribution in [3.63, 3.8) is 0 Å². The van der Waals surface area contributed by atoms with Crippen LogP contribution in [-0.4, -0.2) is 50.3 Å². The summed E-state index contributed by atoms with van der Waals surface area (Å²) in [6.07, 6.45) is 10.9. The van der Waals surface area contributed by atoms with Gasteiger partial charge < -0.3 is 20.3 Å². The van der Waals surface area contributed by atoms with E-state index in [-0.39, 0.29) is 6.03 Å². The molecule has 0 radical (unpaired) electrons. The van der Waals surface area contributed by atoms with Crippen LogP contribution < -0.4 is 15.4 Å². The van der Waals surface area contributed by atoms with Crippen LogP contribution in [0.25, 0.3) is 0 Å². The van der Waals surface area contributed by atoms with Crippen molar-refractivity contribution in [3.05, 3.63) is 29.8 Å². The molecule has 5 nitrogen and oxygen atoms in total. The number of para-hydroxylation sites is 1. The maximum Gasteiger partial charge on any atom is 0.317 e. The number of benzene rings is 1. The summed E-state index contributed by atoms with van der Waals surface area (Å²) in [7, 11) is 1.77. The van der Waals surface area contributed by atoms with Gasteiger partial charge >= 0.3 is 6.03 Å². The zero-order chi connectivity index (χ0) is 20.8. The minimum absolute atomic E-state index is 0.175. The van der Waals surface area contributed by atoms with Crippen molar-refractivity contribution >= 4 is 6.03 Å². The number of hydrogen-bond acceptors (Lipinski definition) is 3. The number of carbonyl (C=O) groups is 1. The van der Waals surface area contributed by atoms with E-state index in [4.69, 9.17) is 4.74 Å². The van der Waals surface area contributed by atoms with Gasteiger partial charge in [-0.15, -0.1) is 0 Å². The van der Waals surface area contributed by atoms with Gasteiger partial charge in [0.25, 0.3) is 0 Å². The van der Waals surface area contributed by atoms with Crippen LogP contribution in [0.15, 0.2) is 24.3 Å². The molecule has 2 atom stereocenters. The lowest BCUT2D eigenvalue weighted by Crippen LogP contribution is -2.47. The Morgan fingerprint density at radius 1 is 1.10 bits per heavy atom. The van der Waals surface area contributed by atoms with Crippen molar-refractivity contribution in [2.75, 3.05) is 33.3 Å². The van der Waals surface area contributed by atoms with Gasteiger partial charge in [0, 0.05) is 19.1 Å². The van der Waals surface area contributed by atoms with Crippen molar-refractivity contribution in [3.8, 4) is 5.75 Å². The van der Waals surface area contributed by atoms with Gasteiger partial charge in [0.15, 0.2) is 0 Å². The third-order valence-corrected chi connectivity index (χ3v) is 7.41. The van der Waals surface area contributed by atoms with E-state index in [9.17, 15) is 4.79 Å². The van der Waals surface area contributed by atoms with Gasteiger partial charge in [-0.25, -0.2) is 4.79 Å². The highest BCUT2D eigenvalue weighted by Crippen LogP contribution is 2.49.